The van der Waals surface area contributed by atoms with Crippen LogP contribution in [0.3, 0.4) is 0 Å². The molecule has 33 heavy (non-hydrogen) atoms. The molecule has 1 amide bonds. The number of pyridine rings is 1. The molecule has 0 spiro atoms. The molecule has 0 fully saturated rings. The van der Waals surface area contributed by atoms with Crippen molar-refractivity contribution in [1.82, 2.24) is 10.3 Å². The van der Waals surface area contributed by atoms with Crippen LogP contribution in [0.5, 0.6) is 11.5 Å². The summed E-state index contributed by atoms with van der Waals surface area (Å²) in [6.45, 7) is 0.0677. The second kappa shape index (κ2) is 10.9. The Hall–Kier alpha value is -3.49. The van der Waals surface area contributed by atoms with Crippen molar-refractivity contribution in [3.63, 3.8) is 0 Å². The zero-order chi connectivity index (χ0) is 24.0. The number of benzene rings is 2. The summed E-state index contributed by atoms with van der Waals surface area (Å²) in [5.74, 6) is -0.522. The summed E-state index contributed by atoms with van der Waals surface area (Å²) < 4.78 is 29.2. The van der Waals surface area contributed by atoms with Crippen LogP contribution in [0, 0.1) is 5.82 Å². The lowest BCUT2D eigenvalue weighted by Gasteiger charge is -2.12. The SMILES string of the molecule is COCc1ccc(C(=O)NCC(=O)c2ccc(OC)c(-c3ccc(F)c(Cl)c3)n2)cc1OC. The molecule has 0 bridgehead atoms. The van der Waals surface area contributed by atoms with Crippen molar-refractivity contribution in [2.45, 2.75) is 6.61 Å². The monoisotopic (exact) mass is 472 g/mol. The maximum atomic E-state index is 13.5. The zero-order valence-corrected chi connectivity index (χ0v) is 19.0. The molecule has 0 radical (unpaired) electrons. The Morgan fingerprint density at radius 3 is 2.42 bits per heavy atom. The first-order chi connectivity index (χ1) is 15.9. The highest BCUT2D eigenvalue weighted by Crippen LogP contribution is 2.31. The maximum absolute atomic E-state index is 13.5. The number of Topliss-reactive ketones (excluding diaryl/α,β-unsaturated/α-hetero) is 1. The molecule has 0 aliphatic heterocycles. The van der Waals surface area contributed by atoms with Crippen LogP contribution in [-0.2, 0) is 11.3 Å². The molecule has 0 unspecified atom stereocenters. The van der Waals surface area contributed by atoms with Crippen molar-refractivity contribution < 1.29 is 28.2 Å². The fourth-order valence-electron chi connectivity index (χ4n) is 3.13. The maximum Gasteiger partial charge on any atom is 0.251 e. The van der Waals surface area contributed by atoms with Crippen molar-refractivity contribution in [3.8, 4) is 22.8 Å². The summed E-state index contributed by atoms with van der Waals surface area (Å²) in [5.41, 5.74) is 2.06. The summed E-state index contributed by atoms with van der Waals surface area (Å²) in [6, 6.07) is 12.1. The van der Waals surface area contributed by atoms with Gasteiger partial charge in [0, 0.05) is 23.8 Å². The third kappa shape index (κ3) is 5.66. The Balaban J connectivity index is 1.76. The minimum Gasteiger partial charge on any atom is -0.496 e. The number of nitrogens with zero attached hydrogens (tertiary/aromatic N) is 1. The minimum atomic E-state index is -0.568. The van der Waals surface area contributed by atoms with Crippen LogP contribution in [0.1, 0.15) is 26.4 Å². The number of ether oxygens (including phenoxy) is 3. The fourth-order valence-corrected chi connectivity index (χ4v) is 3.31. The van der Waals surface area contributed by atoms with Crippen LogP contribution in [0.2, 0.25) is 5.02 Å². The van der Waals surface area contributed by atoms with E-state index < -0.39 is 17.5 Å². The second-order valence-corrected chi connectivity index (χ2v) is 7.35. The first-order valence-corrected chi connectivity index (χ1v) is 10.2. The van der Waals surface area contributed by atoms with E-state index in [9.17, 15) is 14.0 Å². The van der Waals surface area contributed by atoms with Gasteiger partial charge in [-0.25, -0.2) is 9.37 Å². The lowest BCUT2D eigenvalue weighted by atomic mass is 10.1. The van der Waals surface area contributed by atoms with E-state index in [1.165, 1.54) is 38.5 Å². The first kappa shape index (κ1) is 24.2. The predicted molar refractivity (Wildman–Crippen MR) is 122 cm³/mol. The summed E-state index contributed by atoms with van der Waals surface area (Å²) in [7, 11) is 4.52. The van der Waals surface area contributed by atoms with Crippen LogP contribution in [-0.4, -0.2) is 44.5 Å². The van der Waals surface area contributed by atoms with Gasteiger partial charge in [-0.15, -0.1) is 0 Å². The third-order valence-corrected chi connectivity index (χ3v) is 5.11. The number of amides is 1. The third-order valence-electron chi connectivity index (χ3n) is 4.82. The molecular formula is C24H22ClFN2O5. The van der Waals surface area contributed by atoms with E-state index in [0.717, 1.165) is 5.56 Å². The molecule has 9 heteroatoms. The van der Waals surface area contributed by atoms with E-state index in [0.29, 0.717) is 34.9 Å². The lowest BCUT2D eigenvalue weighted by molar-refractivity contribution is 0.0902. The first-order valence-electron chi connectivity index (χ1n) is 9.85. The van der Waals surface area contributed by atoms with Crippen LogP contribution in [0.15, 0.2) is 48.5 Å². The van der Waals surface area contributed by atoms with E-state index >= 15 is 0 Å². The Labute approximate surface area is 195 Å². The fraction of sp³-hybridized carbons (Fsp3) is 0.208. The van der Waals surface area contributed by atoms with E-state index in [1.54, 1.807) is 31.4 Å². The van der Waals surface area contributed by atoms with Gasteiger partial charge in [-0.2, -0.15) is 0 Å². The Morgan fingerprint density at radius 2 is 1.76 bits per heavy atom. The normalized spacial score (nSPS) is 10.6. The molecule has 1 aromatic heterocycles. The van der Waals surface area contributed by atoms with Gasteiger partial charge in [0.25, 0.3) is 5.91 Å². The number of methoxy groups -OCH3 is 3. The standard InChI is InChI=1S/C24H22ClFN2O5/c1-31-13-16-5-4-15(11-22(16)33-3)24(30)27-12-20(29)19-8-9-21(32-2)23(28-19)14-6-7-18(26)17(25)10-14/h4-11H,12-13H2,1-3H3,(H,27,30). The summed E-state index contributed by atoms with van der Waals surface area (Å²) in [5, 5.41) is 2.51. The predicted octanol–water partition coefficient (Wildman–Crippen LogP) is 4.32. The molecule has 2 aromatic carbocycles. The molecule has 0 atom stereocenters. The smallest absolute Gasteiger partial charge is 0.251 e. The summed E-state index contributed by atoms with van der Waals surface area (Å²) >= 11 is 5.88. The van der Waals surface area contributed by atoms with E-state index in [-0.39, 0.29) is 17.3 Å². The van der Waals surface area contributed by atoms with Crippen molar-refractivity contribution in [1.29, 1.82) is 0 Å². The van der Waals surface area contributed by atoms with Gasteiger partial charge in [0.15, 0.2) is 5.78 Å². The largest absolute Gasteiger partial charge is 0.496 e. The van der Waals surface area contributed by atoms with Gasteiger partial charge < -0.3 is 19.5 Å². The number of nitrogens with one attached hydrogen (secondary N) is 1. The number of hydrogen-bond donors (Lipinski definition) is 1. The number of carbonyl (C=O) groups is 2. The Morgan fingerprint density at radius 1 is 1.00 bits per heavy atom. The van der Waals surface area contributed by atoms with E-state index in [4.69, 9.17) is 25.8 Å². The number of ketones is 1. The Kier molecular flexibility index (Phi) is 7.97. The van der Waals surface area contributed by atoms with Gasteiger partial charge in [-0.3, -0.25) is 9.59 Å². The minimum absolute atomic E-state index is 0.0766. The van der Waals surface area contributed by atoms with Gasteiger partial charge in [0.05, 0.1) is 32.4 Å². The average molecular weight is 473 g/mol. The average Bonchev–Trinajstić information content (AvgIpc) is 2.84. The van der Waals surface area contributed by atoms with Gasteiger partial charge in [0.1, 0.15) is 28.7 Å². The van der Waals surface area contributed by atoms with Gasteiger partial charge in [0.2, 0.25) is 0 Å². The van der Waals surface area contributed by atoms with Crippen LogP contribution < -0.4 is 14.8 Å². The van der Waals surface area contributed by atoms with Gasteiger partial charge in [-0.05, 0) is 42.5 Å². The highest BCUT2D eigenvalue weighted by molar-refractivity contribution is 6.31. The van der Waals surface area contributed by atoms with Crippen LogP contribution >= 0.6 is 11.6 Å². The number of hydrogen-bond acceptors (Lipinski definition) is 6. The molecule has 7 nitrogen and oxygen atoms in total. The molecule has 3 rings (SSSR count). The van der Waals surface area contributed by atoms with Gasteiger partial charge >= 0.3 is 0 Å². The Bertz CT molecular complexity index is 1190. The molecule has 172 valence electrons. The quantitative estimate of drug-likeness (QED) is 0.467. The number of carbonyl (C=O) groups excluding carboxylic acids is 2. The molecule has 0 aliphatic carbocycles. The highest BCUT2D eigenvalue weighted by Gasteiger charge is 2.17. The molecule has 0 aliphatic rings. The molecule has 0 saturated carbocycles. The summed E-state index contributed by atoms with van der Waals surface area (Å²) in [6.07, 6.45) is 0. The van der Waals surface area contributed by atoms with Crippen LogP contribution in [0.25, 0.3) is 11.3 Å². The molecule has 0 saturated heterocycles. The zero-order valence-electron chi connectivity index (χ0n) is 18.3. The molecule has 1 N–H and O–H groups in total. The van der Waals surface area contributed by atoms with Crippen LogP contribution in [0.4, 0.5) is 4.39 Å². The molecule has 1 heterocycles. The molecule has 3 aromatic rings. The van der Waals surface area contributed by atoms with Crippen molar-refractivity contribution >= 4 is 23.3 Å². The number of aromatic nitrogens is 1. The van der Waals surface area contributed by atoms with Crippen molar-refractivity contribution in [2.24, 2.45) is 0 Å². The molecular weight excluding hydrogens is 451 g/mol. The van der Waals surface area contributed by atoms with E-state index in [2.05, 4.69) is 10.3 Å². The van der Waals surface area contributed by atoms with E-state index in [1.807, 2.05) is 0 Å². The van der Waals surface area contributed by atoms with Gasteiger partial charge in [-0.1, -0.05) is 17.7 Å². The van der Waals surface area contributed by atoms with Crippen molar-refractivity contribution in [2.75, 3.05) is 27.9 Å². The highest BCUT2D eigenvalue weighted by atomic mass is 35.5. The lowest BCUT2D eigenvalue weighted by Crippen LogP contribution is -2.30. The number of rotatable bonds is 9. The summed E-state index contributed by atoms with van der Waals surface area (Å²) in [4.78, 5) is 29.6. The number of halogens is 2. The van der Waals surface area contributed by atoms with Crippen molar-refractivity contribution in [3.05, 3.63) is 76.2 Å². The second-order valence-electron chi connectivity index (χ2n) is 6.94. The topological polar surface area (TPSA) is 86.8 Å².